The summed E-state index contributed by atoms with van der Waals surface area (Å²) in [6, 6.07) is 17.9. The molecule has 1 aromatic heterocycles. The third kappa shape index (κ3) is 5.66. The van der Waals surface area contributed by atoms with Gasteiger partial charge in [0.25, 0.3) is 0 Å². The van der Waals surface area contributed by atoms with Crippen LogP contribution in [0.2, 0.25) is 0 Å². The summed E-state index contributed by atoms with van der Waals surface area (Å²) in [5.74, 6) is 0.540. The Balaban J connectivity index is 1.55. The number of pyridine rings is 1. The first-order chi connectivity index (χ1) is 10.4. The maximum absolute atomic E-state index is 8.76. The van der Waals surface area contributed by atoms with E-state index in [-0.39, 0.29) is 0 Å². The van der Waals surface area contributed by atoms with Gasteiger partial charge in [0, 0.05) is 6.07 Å². The van der Waals surface area contributed by atoms with Crippen molar-refractivity contribution in [1.82, 2.24) is 4.98 Å². The fraction of sp³-hybridized carbons (Fsp3) is 0.333. The summed E-state index contributed by atoms with van der Waals surface area (Å²) < 4.78 is 5.55. The highest BCUT2D eigenvalue weighted by atomic mass is 16.5. The first kappa shape index (κ1) is 15.1. The lowest BCUT2D eigenvalue weighted by atomic mass is 10.1. The van der Waals surface area contributed by atoms with Crippen molar-refractivity contribution in [3.8, 4) is 11.9 Å². The Morgan fingerprint density at radius 1 is 0.905 bits per heavy atom. The van der Waals surface area contributed by atoms with Crippen LogP contribution in [0, 0.1) is 11.3 Å². The van der Waals surface area contributed by atoms with Gasteiger partial charge in [0.05, 0.1) is 6.61 Å². The Kier molecular flexibility index (Phi) is 6.28. The molecule has 0 aliphatic heterocycles. The molecule has 0 saturated carbocycles. The van der Waals surface area contributed by atoms with Crippen LogP contribution in [0.3, 0.4) is 0 Å². The van der Waals surface area contributed by atoms with E-state index in [0.717, 1.165) is 19.3 Å². The number of aryl methyl sites for hydroxylation is 1. The van der Waals surface area contributed by atoms with Gasteiger partial charge < -0.3 is 4.74 Å². The summed E-state index contributed by atoms with van der Waals surface area (Å²) in [5.41, 5.74) is 1.81. The number of nitrogens with zero attached hydrogens (tertiary/aromatic N) is 2. The fourth-order valence-electron chi connectivity index (χ4n) is 2.16. The first-order valence-electron chi connectivity index (χ1n) is 7.42. The van der Waals surface area contributed by atoms with Crippen LogP contribution in [0.15, 0.2) is 48.5 Å². The molecule has 2 rings (SSSR count). The molecule has 0 amide bonds. The summed E-state index contributed by atoms with van der Waals surface area (Å²) >= 11 is 0. The second-order valence-corrected chi connectivity index (χ2v) is 4.97. The van der Waals surface area contributed by atoms with Gasteiger partial charge in [0.15, 0.2) is 0 Å². The summed E-state index contributed by atoms with van der Waals surface area (Å²) in [6.07, 6.45) is 5.75. The molecule has 1 heterocycles. The quantitative estimate of drug-likeness (QED) is 0.683. The Morgan fingerprint density at radius 2 is 1.71 bits per heavy atom. The van der Waals surface area contributed by atoms with E-state index in [2.05, 4.69) is 35.3 Å². The molecule has 0 bridgehead atoms. The van der Waals surface area contributed by atoms with Crippen LogP contribution < -0.4 is 4.74 Å². The Labute approximate surface area is 126 Å². The van der Waals surface area contributed by atoms with Crippen molar-refractivity contribution in [2.75, 3.05) is 6.61 Å². The monoisotopic (exact) mass is 280 g/mol. The van der Waals surface area contributed by atoms with E-state index in [1.54, 1.807) is 18.2 Å². The standard InChI is InChI=1S/C18H20N2O/c19-15-17-12-8-13-18(20-17)21-14-7-2-1-4-9-16-10-5-3-6-11-16/h3,5-6,8,10-13H,1-2,4,7,9,14H2. The molecule has 21 heavy (non-hydrogen) atoms. The maximum atomic E-state index is 8.76. The highest BCUT2D eigenvalue weighted by Gasteiger charge is 1.98. The van der Waals surface area contributed by atoms with Crippen molar-refractivity contribution in [3.05, 3.63) is 59.8 Å². The Hall–Kier alpha value is -2.34. The number of hydrogen-bond donors (Lipinski definition) is 0. The van der Waals surface area contributed by atoms with E-state index in [1.807, 2.05) is 6.07 Å². The number of hydrogen-bond acceptors (Lipinski definition) is 3. The van der Waals surface area contributed by atoms with Gasteiger partial charge in [-0.1, -0.05) is 49.2 Å². The molecule has 0 radical (unpaired) electrons. The zero-order chi connectivity index (χ0) is 14.8. The van der Waals surface area contributed by atoms with Gasteiger partial charge in [-0.05, 0) is 30.9 Å². The molecule has 108 valence electrons. The number of nitriles is 1. The van der Waals surface area contributed by atoms with E-state index >= 15 is 0 Å². The lowest BCUT2D eigenvalue weighted by Crippen LogP contribution is -1.99. The minimum absolute atomic E-state index is 0.398. The molecule has 0 atom stereocenters. The topological polar surface area (TPSA) is 45.9 Å². The average molecular weight is 280 g/mol. The predicted molar refractivity (Wildman–Crippen MR) is 83.1 cm³/mol. The molecule has 0 saturated heterocycles. The van der Waals surface area contributed by atoms with Gasteiger partial charge in [0.2, 0.25) is 5.88 Å². The van der Waals surface area contributed by atoms with Crippen LogP contribution in [-0.4, -0.2) is 11.6 Å². The van der Waals surface area contributed by atoms with Crippen LogP contribution in [0.25, 0.3) is 0 Å². The maximum Gasteiger partial charge on any atom is 0.214 e. The highest BCUT2D eigenvalue weighted by molar-refractivity contribution is 5.24. The highest BCUT2D eigenvalue weighted by Crippen LogP contribution is 2.10. The lowest BCUT2D eigenvalue weighted by molar-refractivity contribution is 0.293. The second-order valence-electron chi connectivity index (χ2n) is 4.97. The van der Waals surface area contributed by atoms with Gasteiger partial charge in [-0.3, -0.25) is 0 Å². The largest absolute Gasteiger partial charge is 0.478 e. The van der Waals surface area contributed by atoms with Crippen molar-refractivity contribution in [1.29, 1.82) is 5.26 Å². The molecule has 3 nitrogen and oxygen atoms in total. The molecule has 0 spiro atoms. The molecule has 3 heteroatoms. The molecule has 2 aromatic rings. The zero-order valence-corrected chi connectivity index (χ0v) is 12.2. The SMILES string of the molecule is N#Cc1cccc(OCCCCCCc2ccccc2)n1. The molecule has 0 N–H and O–H groups in total. The first-order valence-corrected chi connectivity index (χ1v) is 7.42. The summed E-state index contributed by atoms with van der Waals surface area (Å²) in [6.45, 7) is 0.660. The van der Waals surface area contributed by atoms with Crippen molar-refractivity contribution in [3.63, 3.8) is 0 Å². The summed E-state index contributed by atoms with van der Waals surface area (Å²) in [4.78, 5) is 4.08. The van der Waals surface area contributed by atoms with E-state index in [0.29, 0.717) is 18.2 Å². The Morgan fingerprint density at radius 3 is 2.52 bits per heavy atom. The van der Waals surface area contributed by atoms with Gasteiger partial charge >= 0.3 is 0 Å². The fourth-order valence-corrected chi connectivity index (χ4v) is 2.16. The third-order valence-corrected chi connectivity index (χ3v) is 3.29. The minimum Gasteiger partial charge on any atom is -0.478 e. The smallest absolute Gasteiger partial charge is 0.214 e. The van der Waals surface area contributed by atoms with E-state index in [1.165, 1.54) is 18.4 Å². The van der Waals surface area contributed by atoms with Crippen LogP contribution in [0.1, 0.15) is 36.9 Å². The van der Waals surface area contributed by atoms with Gasteiger partial charge in [-0.2, -0.15) is 5.26 Å². The molecule has 0 aliphatic rings. The second kappa shape index (κ2) is 8.76. The molecular weight excluding hydrogens is 260 g/mol. The van der Waals surface area contributed by atoms with Crippen molar-refractivity contribution >= 4 is 0 Å². The normalized spacial score (nSPS) is 10.0. The molecule has 0 unspecified atom stereocenters. The number of aromatic nitrogens is 1. The molecule has 0 fully saturated rings. The molecule has 1 aromatic carbocycles. The Bertz CT molecular complexity index is 575. The average Bonchev–Trinajstić information content (AvgIpc) is 2.55. The van der Waals surface area contributed by atoms with Crippen molar-refractivity contribution in [2.45, 2.75) is 32.1 Å². The van der Waals surface area contributed by atoms with Crippen molar-refractivity contribution in [2.24, 2.45) is 0 Å². The summed E-state index contributed by atoms with van der Waals surface area (Å²) in [5, 5.41) is 8.76. The van der Waals surface area contributed by atoms with Gasteiger partial charge in [0.1, 0.15) is 11.8 Å². The summed E-state index contributed by atoms with van der Waals surface area (Å²) in [7, 11) is 0. The van der Waals surface area contributed by atoms with E-state index < -0.39 is 0 Å². The number of rotatable bonds is 8. The van der Waals surface area contributed by atoms with Crippen LogP contribution in [0.4, 0.5) is 0 Å². The van der Waals surface area contributed by atoms with Gasteiger partial charge in [-0.25, -0.2) is 4.98 Å². The number of ether oxygens (including phenoxy) is 1. The van der Waals surface area contributed by atoms with E-state index in [4.69, 9.17) is 10.00 Å². The minimum atomic E-state index is 0.398. The van der Waals surface area contributed by atoms with E-state index in [9.17, 15) is 0 Å². The van der Waals surface area contributed by atoms with Crippen LogP contribution in [0.5, 0.6) is 5.88 Å². The number of benzene rings is 1. The third-order valence-electron chi connectivity index (χ3n) is 3.29. The molecule has 0 aliphatic carbocycles. The number of unbranched alkanes of at least 4 members (excludes halogenated alkanes) is 3. The molecular formula is C18H20N2O. The van der Waals surface area contributed by atoms with Gasteiger partial charge in [-0.15, -0.1) is 0 Å². The predicted octanol–water partition coefficient (Wildman–Crippen LogP) is 4.14. The van der Waals surface area contributed by atoms with Crippen molar-refractivity contribution < 1.29 is 4.74 Å². The zero-order valence-electron chi connectivity index (χ0n) is 12.2. The lowest BCUT2D eigenvalue weighted by Gasteiger charge is -2.05. The van der Waals surface area contributed by atoms with Crippen LogP contribution in [-0.2, 0) is 6.42 Å². The van der Waals surface area contributed by atoms with Crippen LogP contribution >= 0.6 is 0 Å².